The van der Waals surface area contributed by atoms with E-state index in [1.165, 1.54) is 5.56 Å². The van der Waals surface area contributed by atoms with Crippen LogP contribution in [0, 0.1) is 0 Å². The molecule has 1 unspecified atom stereocenters. The Morgan fingerprint density at radius 2 is 1.66 bits per heavy atom. The average Bonchev–Trinajstić information content (AvgIpc) is 3.34. The summed E-state index contributed by atoms with van der Waals surface area (Å²) in [4.78, 5) is 15.3. The van der Waals surface area contributed by atoms with Crippen LogP contribution >= 0.6 is 34.8 Å². The second kappa shape index (κ2) is 8.62. The van der Waals surface area contributed by atoms with Gasteiger partial charge in [-0.15, -0.1) is 0 Å². The summed E-state index contributed by atoms with van der Waals surface area (Å²) in [5.74, 6) is -0.0836. The fourth-order valence-electron chi connectivity index (χ4n) is 4.18. The Bertz CT molecular complexity index is 1290. The molecule has 2 heterocycles. The van der Waals surface area contributed by atoms with Crippen LogP contribution in [0.2, 0.25) is 15.1 Å². The van der Waals surface area contributed by atoms with Crippen molar-refractivity contribution in [1.29, 1.82) is 0 Å². The van der Waals surface area contributed by atoms with Crippen LogP contribution in [0.15, 0.2) is 72.8 Å². The first-order chi connectivity index (χ1) is 15.5. The van der Waals surface area contributed by atoms with Crippen molar-refractivity contribution in [2.75, 3.05) is 6.54 Å². The maximum absolute atomic E-state index is 13.4. The summed E-state index contributed by atoms with van der Waals surface area (Å²) in [6, 6.07) is 22.7. The molecule has 0 fully saturated rings. The van der Waals surface area contributed by atoms with E-state index in [2.05, 4.69) is 22.3 Å². The number of aromatic nitrogens is 2. The van der Waals surface area contributed by atoms with E-state index in [0.29, 0.717) is 27.3 Å². The first kappa shape index (κ1) is 21.1. The highest BCUT2D eigenvalue weighted by Crippen LogP contribution is 2.44. The average molecular weight is 483 g/mol. The lowest BCUT2D eigenvalue weighted by Crippen LogP contribution is -2.31. The van der Waals surface area contributed by atoms with Crippen LogP contribution in [0.5, 0.6) is 0 Å². The van der Waals surface area contributed by atoms with Crippen LogP contribution in [-0.2, 0) is 6.42 Å². The Morgan fingerprint density at radius 1 is 0.906 bits per heavy atom. The van der Waals surface area contributed by atoms with Crippen LogP contribution in [0.3, 0.4) is 0 Å². The Hall–Kier alpha value is -2.79. The number of hydrogen-bond acceptors (Lipinski definition) is 2. The molecule has 0 bridgehead atoms. The molecule has 0 spiro atoms. The zero-order valence-corrected chi connectivity index (χ0v) is 19.1. The van der Waals surface area contributed by atoms with E-state index in [-0.39, 0.29) is 11.9 Å². The van der Waals surface area contributed by atoms with Gasteiger partial charge in [0.25, 0.3) is 5.91 Å². The molecule has 1 aliphatic rings. The smallest absolute Gasteiger partial charge is 0.273 e. The Morgan fingerprint density at radius 3 is 2.38 bits per heavy atom. The number of fused-ring (bicyclic) bond motifs is 1. The predicted molar refractivity (Wildman–Crippen MR) is 129 cm³/mol. The fourth-order valence-corrected chi connectivity index (χ4v) is 4.61. The minimum atomic E-state index is -0.333. The van der Waals surface area contributed by atoms with E-state index < -0.39 is 0 Å². The Balaban J connectivity index is 1.59. The van der Waals surface area contributed by atoms with Crippen molar-refractivity contribution in [3.63, 3.8) is 0 Å². The van der Waals surface area contributed by atoms with Gasteiger partial charge in [0.2, 0.25) is 0 Å². The topological polar surface area (TPSA) is 49.0 Å². The highest BCUT2D eigenvalue weighted by Gasteiger charge is 2.42. The summed E-state index contributed by atoms with van der Waals surface area (Å²) < 4.78 is 0. The van der Waals surface area contributed by atoms with Crippen molar-refractivity contribution in [3.8, 4) is 11.3 Å². The summed E-state index contributed by atoms with van der Waals surface area (Å²) in [7, 11) is 0. The highest BCUT2D eigenvalue weighted by atomic mass is 35.5. The number of halogens is 3. The van der Waals surface area contributed by atoms with Gasteiger partial charge in [0.05, 0.1) is 21.8 Å². The highest BCUT2D eigenvalue weighted by molar-refractivity contribution is 6.42. The van der Waals surface area contributed by atoms with Crippen molar-refractivity contribution in [2.24, 2.45) is 0 Å². The number of benzene rings is 3. The van der Waals surface area contributed by atoms with Crippen molar-refractivity contribution < 1.29 is 4.79 Å². The van der Waals surface area contributed by atoms with Gasteiger partial charge in [-0.3, -0.25) is 9.89 Å². The Kier molecular flexibility index (Phi) is 5.68. The van der Waals surface area contributed by atoms with Gasteiger partial charge in [-0.2, -0.15) is 5.10 Å². The molecule has 160 valence electrons. The third-order valence-electron chi connectivity index (χ3n) is 5.73. The summed E-state index contributed by atoms with van der Waals surface area (Å²) in [6.07, 6.45) is 0.735. The van der Waals surface area contributed by atoms with E-state index in [1.54, 1.807) is 6.07 Å². The minimum Gasteiger partial charge on any atom is -0.326 e. The molecule has 1 N–H and O–H groups in total. The molecular weight excluding hydrogens is 465 g/mol. The van der Waals surface area contributed by atoms with Crippen LogP contribution in [0.25, 0.3) is 11.3 Å². The molecule has 0 saturated carbocycles. The number of rotatable bonds is 5. The number of hydrogen-bond donors (Lipinski definition) is 1. The maximum Gasteiger partial charge on any atom is 0.273 e. The summed E-state index contributed by atoms with van der Waals surface area (Å²) in [6.45, 7) is 0.552. The summed E-state index contributed by atoms with van der Waals surface area (Å²) in [5.41, 5.74) is 5.00. The maximum atomic E-state index is 13.4. The lowest BCUT2D eigenvalue weighted by atomic mass is 9.96. The predicted octanol–water partition coefficient (Wildman–Crippen LogP) is 6.82. The summed E-state index contributed by atoms with van der Waals surface area (Å²) in [5, 5.41) is 9.01. The van der Waals surface area contributed by atoms with Crippen LogP contribution in [-0.4, -0.2) is 27.5 Å². The van der Waals surface area contributed by atoms with Crippen molar-refractivity contribution in [2.45, 2.75) is 12.5 Å². The third kappa shape index (κ3) is 3.79. The van der Waals surface area contributed by atoms with Crippen LogP contribution in [0.1, 0.15) is 33.2 Å². The zero-order valence-electron chi connectivity index (χ0n) is 16.9. The van der Waals surface area contributed by atoms with Gasteiger partial charge in [0.1, 0.15) is 5.69 Å². The molecule has 3 aromatic carbocycles. The third-order valence-corrected chi connectivity index (χ3v) is 6.72. The van der Waals surface area contributed by atoms with E-state index in [0.717, 1.165) is 28.8 Å². The molecule has 32 heavy (non-hydrogen) atoms. The molecule has 5 rings (SSSR count). The van der Waals surface area contributed by atoms with Crippen molar-refractivity contribution in [3.05, 3.63) is 110 Å². The number of nitrogens with zero attached hydrogens (tertiary/aromatic N) is 2. The van der Waals surface area contributed by atoms with Gasteiger partial charge in [-0.1, -0.05) is 83.3 Å². The molecule has 1 aromatic heterocycles. The van der Waals surface area contributed by atoms with Gasteiger partial charge < -0.3 is 4.90 Å². The quantitative estimate of drug-likeness (QED) is 0.339. The lowest BCUT2D eigenvalue weighted by Gasteiger charge is -2.26. The van der Waals surface area contributed by atoms with Gasteiger partial charge in [0, 0.05) is 22.7 Å². The Labute approximate surface area is 200 Å². The molecule has 0 aliphatic carbocycles. The first-order valence-electron chi connectivity index (χ1n) is 10.2. The number of H-pyrrole nitrogens is 1. The van der Waals surface area contributed by atoms with E-state index in [4.69, 9.17) is 34.8 Å². The van der Waals surface area contributed by atoms with Gasteiger partial charge in [-0.25, -0.2) is 0 Å². The van der Waals surface area contributed by atoms with E-state index in [1.807, 2.05) is 59.5 Å². The van der Waals surface area contributed by atoms with Gasteiger partial charge in [0.15, 0.2) is 0 Å². The molecule has 1 aliphatic heterocycles. The molecule has 4 nitrogen and oxygen atoms in total. The first-order valence-corrected chi connectivity index (χ1v) is 11.3. The number of nitrogens with one attached hydrogen (secondary N) is 1. The van der Waals surface area contributed by atoms with Crippen molar-refractivity contribution in [1.82, 2.24) is 15.1 Å². The van der Waals surface area contributed by atoms with Crippen LogP contribution in [0.4, 0.5) is 0 Å². The van der Waals surface area contributed by atoms with Crippen LogP contribution < -0.4 is 0 Å². The number of aromatic amines is 1. The lowest BCUT2D eigenvalue weighted by molar-refractivity contribution is 0.0746. The molecule has 7 heteroatoms. The normalized spacial score (nSPS) is 15.3. The van der Waals surface area contributed by atoms with Gasteiger partial charge >= 0.3 is 0 Å². The molecule has 0 saturated heterocycles. The fraction of sp³-hybridized carbons (Fsp3) is 0.120. The molecule has 1 atom stereocenters. The molecular formula is C25H18Cl3N3O. The second-order valence-corrected chi connectivity index (χ2v) is 8.93. The monoisotopic (exact) mass is 481 g/mol. The number of carbonyl (C=O) groups excluding carboxylic acids is 1. The zero-order chi connectivity index (χ0) is 22.2. The standard InChI is InChI=1S/C25H18Cl3N3O/c26-18-9-6-16(7-10-18)22-21-23(30-29-22)25(32)31(13-12-15-4-2-1-3-5-15)24(21)17-8-11-19(27)20(28)14-17/h1-11,14,24H,12-13H2,(H,29,30). The number of amides is 1. The molecule has 4 aromatic rings. The molecule has 1 amide bonds. The molecule has 0 radical (unpaired) electrons. The number of carbonyl (C=O) groups is 1. The van der Waals surface area contributed by atoms with E-state index in [9.17, 15) is 4.79 Å². The second-order valence-electron chi connectivity index (χ2n) is 7.68. The van der Waals surface area contributed by atoms with E-state index >= 15 is 0 Å². The largest absolute Gasteiger partial charge is 0.326 e. The SMILES string of the molecule is O=C1c2[nH]nc(-c3ccc(Cl)cc3)c2C(c2ccc(Cl)c(Cl)c2)N1CCc1ccccc1. The minimum absolute atomic E-state index is 0.0836. The summed E-state index contributed by atoms with van der Waals surface area (Å²) >= 11 is 18.6. The van der Waals surface area contributed by atoms with Crippen molar-refractivity contribution >= 4 is 40.7 Å². The van der Waals surface area contributed by atoms with Gasteiger partial charge in [-0.05, 0) is 41.8 Å².